The fraction of sp³-hybridized carbons (Fsp3) is 0.562. The highest BCUT2D eigenvalue weighted by molar-refractivity contribution is 9.10. The average molecular weight is 355 g/mol. The monoisotopic (exact) mass is 354 g/mol. The second-order valence-corrected chi connectivity index (χ2v) is 6.26. The Morgan fingerprint density at radius 2 is 2.14 bits per heavy atom. The Morgan fingerprint density at radius 1 is 1.43 bits per heavy atom. The predicted octanol–water partition coefficient (Wildman–Crippen LogP) is 2.74. The number of ether oxygens (including phenoxy) is 1. The molecule has 0 bridgehead atoms. The number of benzene rings is 1. The summed E-state index contributed by atoms with van der Waals surface area (Å²) < 4.78 is 6.36. The predicted molar refractivity (Wildman–Crippen MR) is 87.2 cm³/mol. The van der Waals surface area contributed by atoms with Crippen molar-refractivity contribution in [3.8, 4) is 0 Å². The molecule has 0 saturated carbocycles. The maximum absolute atomic E-state index is 12.4. The van der Waals surface area contributed by atoms with Gasteiger partial charge in [0.25, 0.3) is 0 Å². The SMILES string of the molecule is CCC(NC(C)C(=O)N1CCOCC1)c1cccc(Br)c1. The highest BCUT2D eigenvalue weighted by Gasteiger charge is 2.24. The standard InChI is InChI=1S/C16H23BrN2O2/c1-3-15(13-5-4-6-14(17)11-13)18-12(2)16(20)19-7-9-21-10-8-19/h4-6,11-12,15,18H,3,7-10H2,1-2H3. The topological polar surface area (TPSA) is 41.6 Å². The lowest BCUT2D eigenvalue weighted by Gasteiger charge is -2.31. The van der Waals surface area contributed by atoms with Crippen LogP contribution in [-0.4, -0.2) is 43.2 Å². The van der Waals surface area contributed by atoms with Gasteiger partial charge in [-0.05, 0) is 31.0 Å². The molecule has 2 unspecified atom stereocenters. The van der Waals surface area contributed by atoms with Crippen LogP contribution in [0, 0.1) is 0 Å². The molecule has 0 radical (unpaired) electrons. The van der Waals surface area contributed by atoms with Crippen molar-refractivity contribution in [2.75, 3.05) is 26.3 Å². The van der Waals surface area contributed by atoms with E-state index in [0.29, 0.717) is 26.3 Å². The Balaban J connectivity index is 1.98. The molecule has 1 N–H and O–H groups in total. The maximum atomic E-state index is 12.4. The van der Waals surface area contributed by atoms with E-state index >= 15 is 0 Å². The van der Waals surface area contributed by atoms with Crippen LogP contribution >= 0.6 is 15.9 Å². The fourth-order valence-electron chi connectivity index (χ4n) is 2.60. The fourth-order valence-corrected chi connectivity index (χ4v) is 3.02. The molecular formula is C16H23BrN2O2. The molecule has 116 valence electrons. The van der Waals surface area contributed by atoms with Gasteiger partial charge >= 0.3 is 0 Å². The number of carbonyl (C=O) groups is 1. The third-order valence-corrected chi connectivity index (χ3v) is 4.30. The molecular weight excluding hydrogens is 332 g/mol. The summed E-state index contributed by atoms with van der Waals surface area (Å²) in [6.45, 7) is 6.74. The first-order valence-corrected chi connectivity index (χ1v) is 8.29. The molecule has 4 nitrogen and oxygen atoms in total. The molecule has 1 saturated heterocycles. The van der Waals surface area contributed by atoms with Gasteiger partial charge in [-0.15, -0.1) is 0 Å². The van der Waals surface area contributed by atoms with E-state index in [1.54, 1.807) is 0 Å². The van der Waals surface area contributed by atoms with Gasteiger partial charge in [-0.25, -0.2) is 0 Å². The highest BCUT2D eigenvalue weighted by atomic mass is 79.9. The molecule has 1 aliphatic heterocycles. The van der Waals surface area contributed by atoms with Gasteiger partial charge in [0, 0.05) is 23.6 Å². The van der Waals surface area contributed by atoms with Gasteiger partial charge in [0.05, 0.1) is 19.3 Å². The first kappa shape index (κ1) is 16.5. The zero-order valence-electron chi connectivity index (χ0n) is 12.6. The largest absolute Gasteiger partial charge is 0.378 e. The molecule has 5 heteroatoms. The number of nitrogens with one attached hydrogen (secondary N) is 1. The van der Waals surface area contributed by atoms with Crippen molar-refractivity contribution in [3.63, 3.8) is 0 Å². The lowest BCUT2D eigenvalue weighted by Crippen LogP contribution is -2.49. The van der Waals surface area contributed by atoms with Crippen LogP contribution in [0.1, 0.15) is 31.9 Å². The molecule has 1 aliphatic rings. The van der Waals surface area contributed by atoms with Crippen molar-refractivity contribution in [2.45, 2.75) is 32.4 Å². The zero-order valence-corrected chi connectivity index (χ0v) is 14.2. The van der Waals surface area contributed by atoms with E-state index < -0.39 is 0 Å². The maximum Gasteiger partial charge on any atom is 0.239 e. The summed E-state index contributed by atoms with van der Waals surface area (Å²) in [6.07, 6.45) is 0.942. The van der Waals surface area contributed by atoms with Gasteiger partial charge in [0.1, 0.15) is 0 Å². The Labute approximate surface area is 135 Å². The van der Waals surface area contributed by atoms with Gasteiger partial charge in [0.15, 0.2) is 0 Å². The van der Waals surface area contributed by atoms with Gasteiger partial charge in [0.2, 0.25) is 5.91 Å². The summed E-state index contributed by atoms with van der Waals surface area (Å²) in [7, 11) is 0. The zero-order chi connectivity index (χ0) is 15.2. The van der Waals surface area contributed by atoms with Gasteiger partial charge in [-0.3, -0.25) is 10.1 Å². The average Bonchev–Trinajstić information content (AvgIpc) is 2.52. The Kier molecular flexibility index (Phi) is 6.21. The Morgan fingerprint density at radius 3 is 2.76 bits per heavy atom. The summed E-state index contributed by atoms with van der Waals surface area (Å²) in [5.41, 5.74) is 1.20. The van der Waals surface area contributed by atoms with Gasteiger partial charge < -0.3 is 9.64 Å². The number of nitrogens with zero attached hydrogens (tertiary/aromatic N) is 1. The molecule has 0 spiro atoms. The van der Waals surface area contributed by atoms with Crippen LogP contribution in [0.4, 0.5) is 0 Å². The number of rotatable bonds is 5. The van der Waals surface area contributed by atoms with E-state index in [-0.39, 0.29) is 18.0 Å². The van der Waals surface area contributed by atoms with Crippen LogP contribution in [0.3, 0.4) is 0 Å². The molecule has 0 aromatic heterocycles. The third kappa shape index (κ3) is 4.53. The van der Waals surface area contributed by atoms with Crippen molar-refractivity contribution < 1.29 is 9.53 Å². The van der Waals surface area contributed by atoms with Crippen molar-refractivity contribution in [1.82, 2.24) is 10.2 Å². The lowest BCUT2D eigenvalue weighted by atomic mass is 10.0. The smallest absolute Gasteiger partial charge is 0.239 e. The number of halogens is 1. The number of hydrogen-bond acceptors (Lipinski definition) is 3. The van der Waals surface area contributed by atoms with Crippen molar-refractivity contribution >= 4 is 21.8 Å². The number of carbonyl (C=O) groups excluding carboxylic acids is 1. The number of hydrogen-bond donors (Lipinski definition) is 1. The van der Waals surface area contributed by atoms with Crippen molar-refractivity contribution in [2.24, 2.45) is 0 Å². The summed E-state index contributed by atoms with van der Waals surface area (Å²) in [5, 5.41) is 3.45. The van der Waals surface area contributed by atoms with Crippen LogP contribution in [0.25, 0.3) is 0 Å². The van der Waals surface area contributed by atoms with Crippen LogP contribution in [-0.2, 0) is 9.53 Å². The minimum Gasteiger partial charge on any atom is -0.378 e. The quantitative estimate of drug-likeness (QED) is 0.883. The Hall–Kier alpha value is -0.910. The Bertz CT molecular complexity index is 475. The highest BCUT2D eigenvalue weighted by Crippen LogP contribution is 2.21. The van der Waals surface area contributed by atoms with Crippen LogP contribution in [0.5, 0.6) is 0 Å². The molecule has 2 rings (SSSR count). The first-order chi connectivity index (χ1) is 10.1. The normalized spacial score (nSPS) is 18.3. The molecule has 21 heavy (non-hydrogen) atoms. The van der Waals surface area contributed by atoms with E-state index in [0.717, 1.165) is 10.9 Å². The third-order valence-electron chi connectivity index (χ3n) is 3.80. The van der Waals surface area contributed by atoms with Crippen molar-refractivity contribution in [1.29, 1.82) is 0 Å². The summed E-state index contributed by atoms with van der Waals surface area (Å²) >= 11 is 3.50. The first-order valence-electron chi connectivity index (χ1n) is 7.50. The van der Waals surface area contributed by atoms with Gasteiger partial charge in [-0.1, -0.05) is 35.0 Å². The lowest BCUT2D eigenvalue weighted by molar-refractivity contribution is -0.137. The van der Waals surface area contributed by atoms with Crippen LogP contribution < -0.4 is 5.32 Å². The van der Waals surface area contributed by atoms with E-state index in [4.69, 9.17) is 4.74 Å². The molecule has 1 amide bonds. The second-order valence-electron chi connectivity index (χ2n) is 5.34. The molecule has 0 aliphatic carbocycles. The van der Waals surface area contributed by atoms with E-state index in [2.05, 4.69) is 40.3 Å². The summed E-state index contributed by atoms with van der Waals surface area (Å²) in [5.74, 6) is 0.159. The second kappa shape index (κ2) is 7.92. The minimum atomic E-state index is -0.188. The molecule has 1 fully saturated rings. The minimum absolute atomic E-state index is 0.159. The van der Waals surface area contributed by atoms with E-state index in [1.165, 1.54) is 5.56 Å². The van der Waals surface area contributed by atoms with Crippen molar-refractivity contribution in [3.05, 3.63) is 34.3 Å². The summed E-state index contributed by atoms with van der Waals surface area (Å²) in [6, 6.07) is 8.23. The molecule has 1 aromatic carbocycles. The number of morpholine rings is 1. The molecule has 2 atom stereocenters. The number of amides is 1. The molecule has 1 heterocycles. The van der Waals surface area contributed by atoms with E-state index in [1.807, 2.05) is 24.0 Å². The van der Waals surface area contributed by atoms with Crippen LogP contribution in [0.15, 0.2) is 28.7 Å². The molecule has 1 aromatic rings. The van der Waals surface area contributed by atoms with Gasteiger partial charge in [-0.2, -0.15) is 0 Å². The van der Waals surface area contributed by atoms with Crippen LogP contribution in [0.2, 0.25) is 0 Å². The summed E-state index contributed by atoms with van der Waals surface area (Å²) in [4.78, 5) is 14.3. The van der Waals surface area contributed by atoms with E-state index in [9.17, 15) is 4.79 Å².